The Morgan fingerprint density at radius 2 is 1.83 bits per heavy atom. The summed E-state index contributed by atoms with van der Waals surface area (Å²) in [6.45, 7) is 4.08. The van der Waals surface area contributed by atoms with Gasteiger partial charge in [0.15, 0.2) is 0 Å². The van der Waals surface area contributed by atoms with Gasteiger partial charge in [0.2, 0.25) is 0 Å². The summed E-state index contributed by atoms with van der Waals surface area (Å²) >= 11 is 0. The van der Waals surface area contributed by atoms with E-state index in [-0.39, 0.29) is 11.7 Å². The van der Waals surface area contributed by atoms with Gasteiger partial charge in [-0.3, -0.25) is 0 Å². The molecular weight excluding hydrogens is 314 g/mol. The second-order valence-electron chi connectivity index (χ2n) is 5.89. The molecule has 1 fully saturated rings. The number of halogens is 4. The number of carboxylic acid groups (broad SMARTS) is 1. The monoisotopic (exact) mass is 335 g/mol. The van der Waals surface area contributed by atoms with E-state index in [1.807, 2.05) is 27.0 Å². The van der Waals surface area contributed by atoms with Crippen molar-refractivity contribution in [3.8, 4) is 0 Å². The van der Waals surface area contributed by atoms with E-state index in [4.69, 9.17) is 9.90 Å². The van der Waals surface area contributed by atoms with Gasteiger partial charge in [0.1, 0.15) is 5.82 Å². The molecule has 0 spiro atoms. The van der Waals surface area contributed by atoms with Crippen LogP contribution in [0, 0.1) is 5.82 Å². The summed E-state index contributed by atoms with van der Waals surface area (Å²) in [4.78, 5) is 8.90. The van der Waals surface area contributed by atoms with Gasteiger partial charge < -0.3 is 10.4 Å². The predicted octanol–water partition coefficient (Wildman–Crippen LogP) is 4.05. The Morgan fingerprint density at radius 3 is 2.22 bits per heavy atom. The predicted molar refractivity (Wildman–Crippen MR) is 79.0 cm³/mol. The lowest BCUT2D eigenvalue weighted by atomic mass is 9.75. The topological polar surface area (TPSA) is 49.3 Å². The smallest absolute Gasteiger partial charge is 0.475 e. The highest BCUT2D eigenvalue weighted by Crippen LogP contribution is 2.37. The van der Waals surface area contributed by atoms with Crippen LogP contribution >= 0.6 is 0 Å². The Morgan fingerprint density at radius 1 is 1.30 bits per heavy atom. The van der Waals surface area contributed by atoms with Crippen molar-refractivity contribution in [2.24, 2.45) is 0 Å². The van der Waals surface area contributed by atoms with E-state index in [2.05, 4.69) is 11.4 Å². The average Bonchev–Trinajstić information content (AvgIpc) is 2.38. The molecule has 1 aromatic rings. The van der Waals surface area contributed by atoms with Gasteiger partial charge >= 0.3 is 12.1 Å². The maximum atomic E-state index is 13.5. The van der Waals surface area contributed by atoms with E-state index in [1.165, 1.54) is 18.4 Å². The molecule has 0 aliphatic heterocycles. The van der Waals surface area contributed by atoms with Gasteiger partial charge in [-0.25, -0.2) is 9.18 Å². The van der Waals surface area contributed by atoms with Crippen molar-refractivity contribution >= 4 is 5.97 Å². The lowest BCUT2D eigenvalue weighted by Crippen LogP contribution is -2.37. The minimum absolute atomic E-state index is 0.0664. The highest BCUT2D eigenvalue weighted by molar-refractivity contribution is 5.73. The van der Waals surface area contributed by atoms with Gasteiger partial charge in [0.05, 0.1) is 0 Å². The zero-order chi connectivity index (χ0) is 17.8. The summed E-state index contributed by atoms with van der Waals surface area (Å²) in [5.74, 6) is -1.94. The van der Waals surface area contributed by atoms with Gasteiger partial charge in [-0.15, -0.1) is 0 Å². The van der Waals surface area contributed by atoms with Crippen LogP contribution in [0.15, 0.2) is 18.2 Å². The molecular formula is C16H21F4NO2. The molecule has 0 saturated heterocycles. The first-order valence-electron chi connectivity index (χ1n) is 7.33. The Balaban J connectivity index is 0.000000322. The van der Waals surface area contributed by atoms with Gasteiger partial charge in [0, 0.05) is 6.04 Å². The zero-order valence-electron chi connectivity index (χ0n) is 13.2. The van der Waals surface area contributed by atoms with E-state index in [9.17, 15) is 17.6 Å². The second-order valence-corrected chi connectivity index (χ2v) is 5.89. The minimum Gasteiger partial charge on any atom is -0.475 e. The molecule has 130 valence electrons. The number of aliphatic carboxylic acids is 1. The van der Waals surface area contributed by atoms with Crippen molar-refractivity contribution < 1.29 is 27.5 Å². The number of carboxylic acids is 1. The Kier molecular flexibility index (Phi) is 6.56. The Hall–Kier alpha value is -1.63. The maximum absolute atomic E-state index is 13.5. The first-order chi connectivity index (χ1) is 10.6. The number of rotatable bonds is 3. The molecule has 1 aromatic carbocycles. The van der Waals surface area contributed by atoms with Crippen molar-refractivity contribution in [3.05, 3.63) is 35.1 Å². The van der Waals surface area contributed by atoms with Crippen LogP contribution in [-0.4, -0.2) is 30.3 Å². The molecule has 0 atom stereocenters. The van der Waals surface area contributed by atoms with Crippen molar-refractivity contribution in [1.82, 2.24) is 5.32 Å². The molecule has 1 aliphatic rings. The Labute approximate surface area is 132 Å². The molecule has 2 rings (SSSR count). The molecule has 0 aromatic heterocycles. The molecule has 2 N–H and O–H groups in total. The molecule has 3 nitrogen and oxygen atoms in total. The fraction of sp³-hybridized carbons (Fsp3) is 0.562. The van der Waals surface area contributed by atoms with Crippen molar-refractivity contribution in [2.45, 2.75) is 50.7 Å². The number of carbonyl (C=O) groups is 1. The molecule has 1 saturated carbocycles. The highest BCUT2D eigenvalue weighted by atomic mass is 19.4. The number of hydrogen-bond acceptors (Lipinski definition) is 2. The van der Waals surface area contributed by atoms with Crippen LogP contribution in [0.1, 0.15) is 49.7 Å². The number of hydrogen-bond donors (Lipinski definition) is 2. The van der Waals surface area contributed by atoms with Crippen molar-refractivity contribution in [2.75, 3.05) is 7.05 Å². The molecule has 0 radical (unpaired) electrons. The lowest BCUT2D eigenvalue weighted by Gasteiger charge is -2.35. The first-order valence-corrected chi connectivity index (χ1v) is 7.33. The summed E-state index contributed by atoms with van der Waals surface area (Å²) in [5.41, 5.74) is 2.15. The molecule has 0 bridgehead atoms. The third-order valence-electron chi connectivity index (χ3n) is 3.90. The van der Waals surface area contributed by atoms with Crippen LogP contribution in [0.2, 0.25) is 0 Å². The van der Waals surface area contributed by atoms with Gasteiger partial charge in [0.25, 0.3) is 0 Å². The zero-order valence-corrected chi connectivity index (χ0v) is 13.2. The van der Waals surface area contributed by atoms with E-state index >= 15 is 0 Å². The largest absolute Gasteiger partial charge is 0.490 e. The third kappa shape index (κ3) is 5.49. The van der Waals surface area contributed by atoms with Gasteiger partial charge in [-0.1, -0.05) is 26.0 Å². The third-order valence-corrected chi connectivity index (χ3v) is 3.90. The SMILES string of the molecule is CNC1CC(c2ccc(F)c(C(C)C)c2)C1.O=C(O)C(F)(F)F. The number of nitrogens with one attached hydrogen (secondary N) is 1. The van der Waals surface area contributed by atoms with E-state index < -0.39 is 12.1 Å². The fourth-order valence-electron chi connectivity index (χ4n) is 2.38. The van der Waals surface area contributed by atoms with Crippen LogP contribution in [0.4, 0.5) is 17.6 Å². The first kappa shape index (κ1) is 19.4. The molecule has 0 amide bonds. The van der Waals surface area contributed by atoms with E-state index in [1.54, 1.807) is 6.07 Å². The molecule has 7 heteroatoms. The lowest BCUT2D eigenvalue weighted by molar-refractivity contribution is -0.192. The van der Waals surface area contributed by atoms with Gasteiger partial charge in [-0.05, 0) is 48.9 Å². The van der Waals surface area contributed by atoms with Crippen LogP contribution in [-0.2, 0) is 4.79 Å². The quantitative estimate of drug-likeness (QED) is 0.820. The van der Waals surface area contributed by atoms with Crippen LogP contribution in [0.3, 0.4) is 0 Å². The number of benzene rings is 1. The van der Waals surface area contributed by atoms with Crippen LogP contribution in [0.5, 0.6) is 0 Å². The fourth-order valence-corrected chi connectivity index (χ4v) is 2.38. The summed E-state index contributed by atoms with van der Waals surface area (Å²) in [5, 5.41) is 10.4. The Bertz CT molecular complexity index is 537. The van der Waals surface area contributed by atoms with Crippen LogP contribution < -0.4 is 5.32 Å². The molecule has 0 unspecified atom stereocenters. The average molecular weight is 335 g/mol. The summed E-state index contributed by atoms with van der Waals surface area (Å²) in [6, 6.07) is 6.27. The van der Waals surface area contributed by atoms with Crippen molar-refractivity contribution in [3.63, 3.8) is 0 Å². The second kappa shape index (κ2) is 7.77. The van der Waals surface area contributed by atoms with E-state index in [0.29, 0.717) is 12.0 Å². The van der Waals surface area contributed by atoms with Crippen molar-refractivity contribution in [1.29, 1.82) is 0 Å². The highest BCUT2D eigenvalue weighted by Gasteiger charge is 2.38. The maximum Gasteiger partial charge on any atom is 0.490 e. The standard InChI is InChI=1S/C14H20FN.C2HF3O2/c1-9(2)13-8-10(4-5-14(13)15)11-6-12(7-11)16-3;3-2(4,5)1(6)7/h4-5,8-9,11-12,16H,6-7H2,1-3H3;(H,6,7). The number of alkyl halides is 3. The van der Waals surface area contributed by atoms with Gasteiger partial charge in [-0.2, -0.15) is 13.2 Å². The molecule has 1 aliphatic carbocycles. The normalized spacial score (nSPS) is 20.5. The minimum atomic E-state index is -5.08. The van der Waals surface area contributed by atoms with E-state index in [0.717, 1.165) is 5.56 Å². The van der Waals surface area contributed by atoms with Crippen LogP contribution in [0.25, 0.3) is 0 Å². The summed E-state index contributed by atoms with van der Waals surface area (Å²) in [7, 11) is 2.01. The molecule has 23 heavy (non-hydrogen) atoms. The summed E-state index contributed by atoms with van der Waals surface area (Å²) in [6.07, 6.45) is -2.72. The molecule has 0 heterocycles. The summed E-state index contributed by atoms with van der Waals surface area (Å²) < 4.78 is 45.3.